The lowest BCUT2D eigenvalue weighted by molar-refractivity contribution is 0.432. The molecule has 2 N–H and O–H groups in total. The van der Waals surface area contributed by atoms with Crippen molar-refractivity contribution in [3.05, 3.63) is 33.3 Å². The van der Waals surface area contributed by atoms with E-state index < -0.39 is 0 Å². The van der Waals surface area contributed by atoms with Crippen LogP contribution in [0.3, 0.4) is 0 Å². The van der Waals surface area contributed by atoms with Crippen molar-refractivity contribution in [1.29, 1.82) is 0 Å². The maximum atomic E-state index is 6.20. The molecule has 84 valence electrons. The summed E-state index contributed by atoms with van der Waals surface area (Å²) in [7, 11) is 0. The molecule has 3 heteroatoms. The van der Waals surface area contributed by atoms with E-state index in [0.29, 0.717) is 5.92 Å². The van der Waals surface area contributed by atoms with E-state index >= 15 is 0 Å². The van der Waals surface area contributed by atoms with Gasteiger partial charge >= 0.3 is 0 Å². The molecule has 0 aromatic heterocycles. The van der Waals surface area contributed by atoms with E-state index in [2.05, 4.69) is 29.8 Å². The first-order valence-corrected chi connectivity index (χ1v) is 6.44. The number of hydrogen-bond acceptors (Lipinski definition) is 1. The highest BCUT2D eigenvalue weighted by atomic mass is 79.9. The van der Waals surface area contributed by atoms with Crippen LogP contribution in [0.4, 0.5) is 0 Å². The third kappa shape index (κ3) is 3.47. The lowest BCUT2D eigenvalue weighted by Gasteiger charge is -2.21. The van der Waals surface area contributed by atoms with Gasteiger partial charge in [-0.2, -0.15) is 0 Å². The SMILES string of the molecule is CCCC(C)C(N)c1ccc(Cl)cc1Br. The molecular weight excluding hydrogens is 273 g/mol. The minimum absolute atomic E-state index is 0.0802. The third-order valence-corrected chi connectivity index (χ3v) is 3.60. The molecule has 0 aliphatic carbocycles. The number of benzene rings is 1. The Balaban J connectivity index is 2.86. The summed E-state index contributed by atoms with van der Waals surface area (Å²) in [5, 5.41) is 0.737. The lowest BCUT2D eigenvalue weighted by atomic mass is 9.92. The van der Waals surface area contributed by atoms with Gasteiger partial charge in [-0.1, -0.05) is 53.9 Å². The highest BCUT2D eigenvalue weighted by Gasteiger charge is 2.16. The Labute approximate surface area is 105 Å². The van der Waals surface area contributed by atoms with E-state index in [1.54, 1.807) is 0 Å². The monoisotopic (exact) mass is 289 g/mol. The fourth-order valence-electron chi connectivity index (χ4n) is 1.71. The topological polar surface area (TPSA) is 26.0 Å². The largest absolute Gasteiger partial charge is 0.324 e. The normalized spacial score (nSPS) is 15.0. The standard InChI is InChI=1S/C12H17BrClN/c1-3-4-8(2)12(15)10-6-5-9(14)7-11(10)13/h5-8,12H,3-4,15H2,1-2H3. The Kier molecular flexibility index (Phi) is 5.10. The van der Waals surface area contributed by atoms with E-state index in [1.165, 1.54) is 6.42 Å². The summed E-state index contributed by atoms with van der Waals surface area (Å²) < 4.78 is 1.01. The molecular formula is C12H17BrClN. The molecule has 1 aromatic carbocycles. The molecule has 0 fully saturated rings. The number of rotatable bonds is 4. The average Bonchev–Trinajstić information content (AvgIpc) is 2.17. The van der Waals surface area contributed by atoms with Crippen molar-refractivity contribution >= 4 is 27.5 Å². The van der Waals surface area contributed by atoms with Crippen LogP contribution < -0.4 is 5.73 Å². The molecule has 2 atom stereocenters. The molecule has 0 aliphatic heterocycles. The Morgan fingerprint density at radius 3 is 2.67 bits per heavy atom. The zero-order chi connectivity index (χ0) is 11.4. The van der Waals surface area contributed by atoms with E-state index in [1.807, 2.05) is 18.2 Å². The van der Waals surface area contributed by atoms with Crippen LogP contribution in [-0.2, 0) is 0 Å². The van der Waals surface area contributed by atoms with Crippen LogP contribution in [0.25, 0.3) is 0 Å². The molecule has 0 aliphatic rings. The average molecular weight is 291 g/mol. The number of hydrogen-bond donors (Lipinski definition) is 1. The summed E-state index contributed by atoms with van der Waals surface area (Å²) >= 11 is 9.39. The van der Waals surface area contributed by atoms with Crippen LogP contribution >= 0.6 is 27.5 Å². The minimum atomic E-state index is 0.0802. The summed E-state index contributed by atoms with van der Waals surface area (Å²) in [5.41, 5.74) is 7.34. The summed E-state index contributed by atoms with van der Waals surface area (Å²) in [4.78, 5) is 0. The first kappa shape index (κ1) is 13.0. The highest BCUT2D eigenvalue weighted by Crippen LogP contribution is 2.30. The van der Waals surface area contributed by atoms with Gasteiger partial charge in [0.25, 0.3) is 0 Å². The van der Waals surface area contributed by atoms with Crippen molar-refractivity contribution in [1.82, 2.24) is 0 Å². The maximum Gasteiger partial charge on any atom is 0.0417 e. The molecule has 1 aromatic rings. The first-order valence-electron chi connectivity index (χ1n) is 5.26. The van der Waals surface area contributed by atoms with Crippen LogP contribution in [0, 0.1) is 5.92 Å². The second-order valence-electron chi connectivity index (χ2n) is 3.96. The second kappa shape index (κ2) is 5.88. The molecule has 1 nitrogen and oxygen atoms in total. The number of halogens is 2. The maximum absolute atomic E-state index is 6.20. The molecule has 2 unspecified atom stereocenters. The highest BCUT2D eigenvalue weighted by molar-refractivity contribution is 9.10. The van der Waals surface area contributed by atoms with Crippen LogP contribution in [0.15, 0.2) is 22.7 Å². The molecule has 0 bridgehead atoms. The summed E-state index contributed by atoms with van der Waals surface area (Å²) in [6, 6.07) is 5.87. The lowest BCUT2D eigenvalue weighted by Crippen LogP contribution is -2.19. The zero-order valence-electron chi connectivity index (χ0n) is 9.13. The number of nitrogens with two attached hydrogens (primary N) is 1. The predicted octanol–water partition coefficient (Wildman–Crippen LogP) is 4.54. The molecule has 0 radical (unpaired) electrons. The van der Waals surface area contributed by atoms with Gasteiger partial charge in [0, 0.05) is 15.5 Å². The van der Waals surface area contributed by atoms with Gasteiger partial charge in [-0.05, 0) is 30.0 Å². The van der Waals surface area contributed by atoms with Gasteiger partial charge in [-0.25, -0.2) is 0 Å². The molecule has 15 heavy (non-hydrogen) atoms. The Morgan fingerprint density at radius 2 is 2.13 bits per heavy atom. The fourth-order valence-corrected chi connectivity index (χ4v) is 2.66. The van der Waals surface area contributed by atoms with Gasteiger partial charge in [0.2, 0.25) is 0 Å². The van der Waals surface area contributed by atoms with Crippen LogP contribution in [0.1, 0.15) is 38.3 Å². The van der Waals surface area contributed by atoms with Crippen molar-refractivity contribution < 1.29 is 0 Å². The zero-order valence-corrected chi connectivity index (χ0v) is 11.5. The van der Waals surface area contributed by atoms with Crippen molar-refractivity contribution in [3.63, 3.8) is 0 Å². The van der Waals surface area contributed by atoms with Gasteiger partial charge < -0.3 is 5.73 Å². The van der Waals surface area contributed by atoms with Crippen molar-refractivity contribution in [3.8, 4) is 0 Å². The van der Waals surface area contributed by atoms with Crippen molar-refractivity contribution in [2.45, 2.75) is 32.7 Å². The summed E-state index contributed by atoms with van der Waals surface area (Å²) in [6.45, 7) is 4.37. The van der Waals surface area contributed by atoms with Gasteiger partial charge in [0.05, 0.1) is 0 Å². The molecule has 0 spiro atoms. The molecule has 1 rings (SSSR count). The predicted molar refractivity (Wildman–Crippen MR) is 70.2 cm³/mol. The Morgan fingerprint density at radius 1 is 1.47 bits per heavy atom. The van der Waals surface area contributed by atoms with Gasteiger partial charge in [0.1, 0.15) is 0 Å². The molecule has 0 saturated heterocycles. The third-order valence-electron chi connectivity index (χ3n) is 2.68. The fraction of sp³-hybridized carbons (Fsp3) is 0.500. The second-order valence-corrected chi connectivity index (χ2v) is 5.25. The van der Waals surface area contributed by atoms with Crippen LogP contribution in [0.2, 0.25) is 5.02 Å². The van der Waals surface area contributed by atoms with Crippen molar-refractivity contribution in [2.75, 3.05) is 0 Å². The molecule has 0 heterocycles. The van der Waals surface area contributed by atoms with Crippen LogP contribution in [-0.4, -0.2) is 0 Å². The molecule has 0 saturated carbocycles. The molecule has 0 amide bonds. The minimum Gasteiger partial charge on any atom is -0.324 e. The van der Waals surface area contributed by atoms with Crippen molar-refractivity contribution in [2.24, 2.45) is 11.7 Å². The van der Waals surface area contributed by atoms with Gasteiger partial charge in [-0.3, -0.25) is 0 Å². The van der Waals surface area contributed by atoms with E-state index in [-0.39, 0.29) is 6.04 Å². The first-order chi connectivity index (χ1) is 7.06. The smallest absolute Gasteiger partial charge is 0.0417 e. The van der Waals surface area contributed by atoms with Crippen LogP contribution in [0.5, 0.6) is 0 Å². The quantitative estimate of drug-likeness (QED) is 0.865. The van der Waals surface area contributed by atoms with Gasteiger partial charge in [0.15, 0.2) is 0 Å². The Hall–Kier alpha value is -0.0500. The van der Waals surface area contributed by atoms with E-state index in [0.717, 1.165) is 21.5 Å². The van der Waals surface area contributed by atoms with E-state index in [4.69, 9.17) is 17.3 Å². The van der Waals surface area contributed by atoms with E-state index in [9.17, 15) is 0 Å². The summed E-state index contributed by atoms with van der Waals surface area (Å²) in [6.07, 6.45) is 2.32. The van der Waals surface area contributed by atoms with Gasteiger partial charge in [-0.15, -0.1) is 0 Å². The Bertz CT molecular complexity index is 327. The summed E-state index contributed by atoms with van der Waals surface area (Å²) in [5.74, 6) is 0.493.